The zero-order valence-corrected chi connectivity index (χ0v) is 9.15. The number of anilines is 1. The molecule has 1 aliphatic heterocycles. The Hall–Kier alpha value is -1.78. The van der Waals surface area contributed by atoms with Crippen LogP contribution in [0.4, 0.5) is 18.9 Å². The lowest BCUT2D eigenvalue weighted by atomic mass is 10.0. The molecule has 0 N–H and O–H groups in total. The van der Waals surface area contributed by atoms with E-state index < -0.39 is 17.8 Å². The fraction of sp³-hybridized carbons (Fsp3) is 0.250. The molecule has 0 saturated heterocycles. The Balaban J connectivity index is 2.33. The van der Waals surface area contributed by atoms with Gasteiger partial charge in [0.2, 0.25) is 0 Å². The molecule has 1 aliphatic rings. The molecule has 90 valence electrons. The summed E-state index contributed by atoms with van der Waals surface area (Å²) in [5, 5.41) is 4.88. The lowest BCUT2D eigenvalue weighted by molar-refractivity contribution is -0.0621. The van der Waals surface area contributed by atoms with Gasteiger partial charge >= 0.3 is 6.18 Å². The maximum atomic E-state index is 12.7. The third kappa shape index (κ3) is 2.49. The van der Waals surface area contributed by atoms with Crippen molar-refractivity contribution in [2.45, 2.75) is 13.1 Å². The topological polar surface area (TPSA) is 15.6 Å². The van der Waals surface area contributed by atoms with Crippen molar-refractivity contribution in [1.29, 1.82) is 0 Å². The van der Waals surface area contributed by atoms with Gasteiger partial charge in [-0.1, -0.05) is 31.2 Å². The summed E-state index contributed by atoms with van der Waals surface area (Å²) < 4.78 is 38.1. The molecule has 1 heterocycles. The maximum Gasteiger partial charge on any atom is 0.431 e. The van der Waals surface area contributed by atoms with Gasteiger partial charge in [0.25, 0.3) is 0 Å². The molecule has 0 fully saturated rings. The minimum atomic E-state index is -4.39. The van der Waals surface area contributed by atoms with Crippen molar-refractivity contribution in [1.82, 2.24) is 0 Å². The highest BCUT2D eigenvalue weighted by Gasteiger charge is 2.40. The zero-order valence-electron chi connectivity index (χ0n) is 9.15. The molecule has 0 aliphatic carbocycles. The van der Waals surface area contributed by atoms with Crippen LogP contribution in [0.2, 0.25) is 0 Å². The molecule has 5 heteroatoms. The Kier molecular flexibility index (Phi) is 2.92. The van der Waals surface area contributed by atoms with Gasteiger partial charge < -0.3 is 0 Å². The van der Waals surface area contributed by atoms with Crippen molar-refractivity contribution in [3.05, 3.63) is 42.6 Å². The predicted molar refractivity (Wildman–Crippen MR) is 60.7 cm³/mol. The number of hydrogen-bond acceptors (Lipinski definition) is 2. The second-order valence-corrected chi connectivity index (χ2v) is 3.79. The second-order valence-electron chi connectivity index (χ2n) is 3.79. The summed E-state index contributed by atoms with van der Waals surface area (Å²) >= 11 is 0. The van der Waals surface area contributed by atoms with Gasteiger partial charge in [0, 0.05) is 12.1 Å². The summed E-state index contributed by atoms with van der Waals surface area (Å²) in [4.78, 5) is 0. The smallest absolute Gasteiger partial charge is 0.241 e. The average Bonchev–Trinajstić information content (AvgIpc) is 2.29. The minimum absolute atomic E-state index is 0.609. The van der Waals surface area contributed by atoms with Gasteiger partial charge in [0.1, 0.15) is 5.71 Å². The molecule has 1 aromatic rings. The number of hydrazone groups is 1. The molecule has 0 radical (unpaired) electrons. The SMILES string of the molecule is C[C@@H]1C=CN(c2ccccc2)N=C1C(F)(F)F. The van der Waals surface area contributed by atoms with Crippen molar-refractivity contribution in [3.63, 3.8) is 0 Å². The number of halogens is 3. The lowest BCUT2D eigenvalue weighted by Gasteiger charge is -2.24. The molecule has 0 amide bonds. The van der Waals surface area contributed by atoms with Crippen LogP contribution in [0, 0.1) is 5.92 Å². The quantitative estimate of drug-likeness (QED) is 0.732. The van der Waals surface area contributed by atoms with Crippen LogP contribution in [-0.4, -0.2) is 11.9 Å². The fourth-order valence-electron chi connectivity index (χ4n) is 1.58. The fourth-order valence-corrected chi connectivity index (χ4v) is 1.58. The van der Waals surface area contributed by atoms with Gasteiger partial charge in [-0.15, -0.1) is 0 Å². The number of nitrogens with zero attached hydrogens (tertiary/aromatic N) is 2. The van der Waals surface area contributed by atoms with Crippen LogP contribution in [0.15, 0.2) is 47.7 Å². The van der Waals surface area contributed by atoms with Gasteiger partial charge in [-0.3, -0.25) is 0 Å². The zero-order chi connectivity index (χ0) is 12.5. The van der Waals surface area contributed by atoms with E-state index >= 15 is 0 Å². The number of para-hydroxylation sites is 1. The highest BCUT2D eigenvalue weighted by Crippen LogP contribution is 2.28. The van der Waals surface area contributed by atoms with E-state index in [0.717, 1.165) is 0 Å². The molecular formula is C12H11F3N2. The van der Waals surface area contributed by atoms with Crippen LogP contribution in [0.25, 0.3) is 0 Å². The largest absolute Gasteiger partial charge is 0.431 e. The summed E-state index contributed by atoms with van der Waals surface area (Å²) in [6.07, 6.45) is -1.35. The maximum absolute atomic E-state index is 12.7. The van der Waals surface area contributed by atoms with Crippen LogP contribution in [0.3, 0.4) is 0 Å². The van der Waals surface area contributed by atoms with E-state index in [1.165, 1.54) is 18.0 Å². The van der Waals surface area contributed by atoms with Crippen molar-refractivity contribution >= 4 is 11.4 Å². The number of hydrogen-bond donors (Lipinski definition) is 0. The first kappa shape index (κ1) is 11.7. The Bertz CT molecular complexity index is 449. The normalized spacial score (nSPS) is 20.4. The Labute approximate surface area is 97.0 Å². The summed E-state index contributed by atoms with van der Waals surface area (Å²) in [6, 6.07) is 8.72. The molecule has 1 atom stereocenters. The molecule has 1 aromatic carbocycles. The van der Waals surface area contributed by atoms with Gasteiger partial charge in [-0.05, 0) is 12.1 Å². The highest BCUT2D eigenvalue weighted by atomic mass is 19.4. The number of alkyl halides is 3. The lowest BCUT2D eigenvalue weighted by Crippen LogP contribution is -2.33. The summed E-state index contributed by atoms with van der Waals surface area (Å²) in [7, 11) is 0. The van der Waals surface area contributed by atoms with Crippen molar-refractivity contribution in [2.24, 2.45) is 11.0 Å². The first-order chi connectivity index (χ1) is 7.98. The first-order valence-electron chi connectivity index (χ1n) is 5.17. The third-order valence-corrected chi connectivity index (χ3v) is 2.47. The Morgan fingerprint density at radius 3 is 2.41 bits per heavy atom. The van der Waals surface area contributed by atoms with Crippen molar-refractivity contribution in [3.8, 4) is 0 Å². The van der Waals surface area contributed by atoms with Gasteiger partial charge in [0.15, 0.2) is 0 Å². The monoisotopic (exact) mass is 240 g/mol. The van der Waals surface area contributed by atoms with Crippen LogP contribution < -0.4 is 5.01 Å². The second kappa shape index (κ2) is 4.24. The molecule has 0 unspecified atom stereocenters. The van der Waals surface area contributed by atoms with E-state index in [4.69, 9.17) is 0 Å². The highest BCUT2D eigenvalue weighted by molar-refractivity contribution is 5.94. The Morgan fingerprint density at radius 2 is 1.82 bits per heavy atom. The van der Waals surface area contributed by atoms with Crippen LogP contribution >= 0.6 is 0 Å². The van der Waals surface area contributed by atoms with E-state index in [2.05, 4.69) is 5.10 Å². The van der Waals surface area contributed by atoms with Gasteiger partial charge in [-0.25, -0.2) is 5.01 Å². The predicted octanol–water partition coefficient (Wildman–Crippen LogP) is 3.57. The van der Waals surface area contributed by atoms with E-state index in [1.54, 1.807) is 36.5 Å². The minimum Gasteiger partial charge on any atom is -0.241 e. The third-order valence-electron chi connectivity index (χ3n) is 2.47. The molecular weight excluding hydrogens is 229 g/mol. The standard InChI is InChI=1S/C12H11F3N2/c1-9-7-8-17(10-5-3-2-4-6-10)16-11(9)12(13,14)15/h2-9H,1H3/t9-/m1/s1. The molecule has 0 bridgehead atoms. The molecule has 2 nitrogen and oxygen atoms in total. The Morgan fingerprint density at radius 1 is 1.18 bits per heavy atom. The van der Waals surface area contributed by atoms with Crippen LogP contribution in [0.1, 0.15) is 6.92 Å². The van der Waals surface area contributed by atoms with Crippen molar-refractivity contribution in [2.75, 3.05) is 5.01 Å². The molecule has 2 rings (SSSR count). The first-order valence-corrected chi connectivity index (χ1v) is 5.17. The van der Waals surface area contributed by atoms with E-state index in [9.17, 15) is 13.2 Å². The molecule has 0 spiro atoms. The van der Waals surface area contributed by atoms with Gasteiger partial charge in [0.05, 0.1) is 5.69 Å². The van der Waals surface area contributed by atoms with E-state index in [0.29, 0.717) is 5.69 Å². The van der Waals surface area contributed by atoms with E-state index in [-0.39, 0.29) is 0 Å². The van der Waals surface area contributed by atoms with Crippen molar-refractivity contribution < 1.29 is 13.2 Å². The molecule has 0 aromatic heterocycles. The van der Waals surface area contributed by atoms with Crippen LogP contribution in [0.5, 0.6) is 0 Å². The number of rotatable bonds is 1. The number of benzene rings is 1. The summed E-state index contributed by atoms with van der Waals surface area (Å²) in [6.45, 7) is 1.48. The number of allylic oxidation sites excluding steroid dienone is 1. The average molecular weight is 240 g/mol. The van der Waals surface area contributed by atoms with Gasteiger partial charge in [-0.2, -0.15) is 18.3 Å². The van der Waals surface area contributed by atoms with E-state index in [1.807, 2.05) is 0 Å². The molecule has 0 saturated carbocycles. The summed E-state index contributed by atoms with van der Waals surface area (Å²) in [5.74, 6) is -0.713. The van der Waals surface area contributed by atoms with Crippen LogP contribution in [-0.2, 0) is 0 Å². The molecule has 17 heavy (non-hydrogen) atoms. The summed E-state index contributed by atoms with van der Waals surface area (Å²) in [5.41, 5.74) is -0.166.